The van der Waals surface area contributed by atoms with Gasteiger partial charge in [-0.15, -0.1) is 0 Å². The second-order valence-electron chi connectivity index (χ2n) is 3.18. The van der Waals surface area contributed by atoms with Crippen molar-refractivity contribution in [2.45, 2.75) is 6.42 Å². The lowest BCUT2D eigenvalue weighted by Crippen LogP contribution is -2.07. The van der Waals surface area contributed by atoms with Crippen LogP contribution in [0.4, 0.5) is 0 Å². The largest absolute Gasteiger partial charge is 0.334 e. The maximum atomic E-state index is 5.80. The van der Waals surface area contributed by atoms with E-state index >= 15 is 0 Å². The predicted octanol–water partition coefficient (Wildman–Crippen LogP) is 1.03. The highest BCUT2D eigenvalue weighted by Gasteiger charge is 2.11. The summed E-state index contributed by atoms with van der Waals surface area (Å²) >= 11 is 5.80. The summed E-state index contributed by atoms with van der Waals surface area (Å²) < 4.78 is 2.10. The van der Waals surface area contributed by atoms with E-state index in [1.54, 1.807) is 0 Å². The van der Waals surface area contributed by atoms with Gasteiger partial charge in [0.25, 0.3) is 0 Å². The van der Waals surface area contributed by atoms with Gasteiger partial charge in [-0.3, -0.25) is 0 Å². The van der Waals surface area contributed by atoms with Gasteiger partial charge in [-0.2, -0.15) is 5.10 Å². The first-order valence-electron chi connectivity index (χ1n) is 4.30. The molecule has 0 saturated heterocycles. The first-order valence-corrected chi connectivity index (χ1v) is 5.57. The second-order valence-corrected chi connectivity index (χ2v) is 4.65. The van der Waals surface area contributed by atoms with Gasteiger partial charge in [0.2, 0.25) is 0 Å². The molecule has 0 radical (unpaired) electrons. The van der Waals surface area contributed by atoms with Gasteiger partial charge in [0.1, 0.15) is 10.4 Å². The predicted molar refractivity (Wildman–Crippen MR) is 59.3 cm³/mol. The Labute approximate surface area is 85.7 Å². The van der Waals surface area contributed by atoms with Crippen LogP contribution >= 0.6 is 11.6 Å². The first kappa shape index (κ1) is 8.78. The van der Waals surface area contributed by atoms with E-state index in [0.717, 1.165) is 28.4 Å². The van der Waals surface area contributed by atoms with Crippen molar-refractivity contribution in [3.8, 4) is 0 Å². The Hall–Kier alpha value is -0.803. The monoisotopic (exact) mass is 210 g/mol. The molecule has 2 rings (SSSR count). The van der Waals surface area contributed by atoms with E-state index in [4.69, 9.17) is 11.6 Å². The highest BCUT2D eigenvalue weighted by molar-refractivity contribution is 6.30. The summed E-state index contributed by atoms with van der Waals surface area (Å²) in [5, 5.41) is 5.24. The van der Waals surface area contributed by atoms with Crippen LogP contribution in [0.1, 0.15) is 12.0 Å². The minimum absolute atomic E-state index is 0.782. The molecule has 68 valence electrons. The zero-order valence-corrected chi connectivity index (χ0v) is 10.3. The minimum Gasteiger partial charge on any atom is -0.334 e. The van der Waals surface area contributed by atoms with Crippen molar-refractivity contribution in [2.75, 3.05) is 6.54 Å². The second kappa shape index (κ2) is 3.52. The molecule has 1 heterocycles. The molecule has 0 bridgehead atoms. The smallest absolute Gasteiger partial charge is 0.132 e. The Bertz CT molecular complexity index is 334. The summed E-state index contributed by atoms with van der Waals surface area (Å²) in [7, 11) is 1.01. The van der Waals surface area contributed by atoms with E-state index in [1.807, 2.05) is 24.3 Å². The lowest BCUT2D eigenvalue weighted by molar-refractivity contribution is 0.534. The van der Waals surface area contributed by atoms with Crippen LogP contribution in [0.2, 0.25) is 5.02 Å². The quantitative estimate of drug-likeness (QED) is 0.633. The fraction of sp³-hybridized carbons (Fsp3) is 0.222. The van der Waals surface area contributed by atoms with E-state index in [0.29, 0.717) is 0 Å². The summed E-state index contributed by atoms with van der Waals surface area (Å²) in [5.41, 5.74) is 2.38. The van der Waals surface area contributed by atoms with Crippen LogP contribution < -0.4 is 0 Å². The van der Waals surface area contributed by atoms with Gasteiger partial charge >= 0.3 is 0 Å². The van der Waals surface area contributed by atoms with Gasteiger partial charge < -0.3 is 4.67 Å². The third-order valence-electron chi connectivity index (χ3n) is 2.14. The molecule has 0 amide bonds. The molecule has 1 aromatic carbocycles. The number of benzene rings is 1. The maximum absolute atomic E-state index is 5.80. The highest BCUT2D eigenvalue weighted by atomic mass is 35.5. The summed E-state index contributed by atoms with van der Waals surface area (Å²) in [6, 6.07) is 7.88. The molecule has 0 fully saturated rings. The van der Waals surface area contributed by atoms with Crippen LogP contribution in [0.3, 0.4) is 0 Å². The van der Waals surface area contributed by atoms with Crippen LogP contribution in [0.15, 0.2) is 29.4 Å². The van der Waals surface area contributed by atoms with Gasteiger partial charge in [0.05, 0.1) is 5.71 Å². The highest BCUT2D eigenvalue weighted by Crippen LogP contribution is 2.14. The van der Waals surface area contributed by atoms with Crippen LogP contribution in [-0.4, -0.2) is 27.3 Å². The molecule has 2 nitrogen and oxygen atoms in total. The Morgan fingerprint density at radius 2 is 2.00 bits per heavy atom. The minimum atomic E-state index is 0.782. The van der Waals surface area contributed by atoms with E-state index < -0.39 is 0 Å². The Balaban J connectivity index is 2.26. The average molecular weight is 211 g/mol. The lowest BCUT2D eigenvalue weighted by atomic mass is 10.1. The summed E-state index contributed by atoms with van der Waals surface area (Å²) in [5.74, 6) is 0. The number of hydrogen-bond acceptors (Lipinski definition) is 2. The Kier molecular flexibility index (Phi) is 2.37. The number of rotatable bonds is 1. The number of hydrazone groups is 1. The van der Waals surface area contributed by atoms with Crippen molar-refractivity contribution < 1.29 is 0 Å². The van der Waals surface area contributed by atoms with E-state index in [1.165, 1.54) is 11.3 Å². The molecule has 0 unspecified atom stereocenters. The molecule has 0 atom stereocenters. The van der Waals surface area contributed by atoms with Crippen LogP contribution in [0.25, 0.3) is 0 Å². The van der Waals surface area contributed by atoms with Gasteiger partial charge in [-0.1, -0.05) is 23.7 Å². The van der Waals surface area contributed by atoms with Crippen LogP contribution in [0, 0.1) is 0 Å². The average Bonchev–Trinajstić information content (AvgIpc) is 2.53. The van der Waals surface area contributed by atoms with Crippen molar-refractivity contribution in [1.29, 1.82) is 0 Å². The van der Waals surface area contributed by atoms with Crippen molar-refractivity contribution in [3.63, 3.8) is 0 Å². The normalized spacial score (nSPS) is 16.4. The van der Waals surface area contributed by atoms with E-state index in [-0.39, 0.29) is 0 Å². The Morgan fingerprint density at radius 3 is 2.54 bits per heavy atom. The molecular weight excluding hydrogens is 200 g/mol. The molecule has 0 spiro atoms. The molecule has 0 N–H and O–H groups in total. The molecule has 0 saturated carbocycles. The fourth-order valence-corrected chi connectivity index (χ4v) is 2.01. The summed E-state index contributed by atoms with van der Waals surface area (Å²) in [6.07, 6.45) is 1.06. The first-order chi connectivity index (χ1) is 6.25. The van der Waals surface area contributed by atoms with Crippen LogP contribution in [0.5, 0.6) is 0 Å². The topological polar surface area (TPSA) is 15.6 Å². The molecule has 1 aliphatic rings. The summed E-state index contributed by atoms with van der Waals surface area (Å²) in [4.78, 5) is 0. The van der Waals surface area contributed by atoms with Gasteiger partial charge in [0, 0.05) is 18.0 Å². The van der Waals surface area contributed by atoms with Gasteiger partial charge in [-0.05, 0) is 17.7 Å². The molecular formula is C9H11ClN2Si. The van der Waals surface area contributed by atoms with Crippen molar-refractivity contribution in [3.05, 3.63) is 34.9 Å². The Morgan fingerprint density at radius 1 is 1.31 bits per heavy atom. The lowest BCUT2D eigenvalue weighted by Gasteiger charge is -2.02. The zero-order chi connectivity index (χ0) is 9.26. The molecule has 4 heteroatoms. The third kappa shape index (κ3) is 1.92. The zero-order valence-electron chi connectivity index (χ0n) is 7.50. The SMILES string of the molecule is [SiH3]N1CCC(c2ccc(Cl)cc2)=N1. The summed E-state index contributed by atoms with van der Waals surface area (Å²) in [6.45, 7) is 1.07. The third-order valence-corrected chi connectivity index (χ3v) is 3.04. The molecule has 0 aliphatic carbocycles. The molecule has 1 aliphatic heterocycles. The number of nitrogens with zero attached hydrogens (tertiary/aromatic N) is 2. The van der Waals surface area contributed by atoms with Crippen molar-refractivity contribution >= 4 is 27.7 Å². The van der Waals surface area contributed by atoms with Gasteiger partial charge in [0.15, 0.2) is 0 Å². The molecule has 13 heavy (non-hydrogen) atoms. The van der Waals surface area contributed by atoms with Crippen molar-refractivity contribution in [1.82, 2.24) is 4.67 Å². The molecule has 1 aromatic rings. The fourth-order valence-electron chi connectivity index (χ4n) is 1.42. The number of halogens is 1. The number of hydrogen-bond donors (Lipinski definition) is 0. The van der Waals surface area contributed by atoms with E-state index in [2.05, 4.69) is 9.78 Å². The molecule has 0 aromatic heterocycles. The van der Waals surface area contributed by atoms with E-state index in [9.17, 15) is 0 Å². The maximum Gasteiger partial charge on any atom is 0.132 e. The standard InChI is InChI=1S/C9H11ClN2Si/c10-8-3-1-7(2-4-8)9-5-6-12(13)11-9/h1-4H,5-6H2,13H3. The van der Waals surface area contributed by atoms with Crippen molar-refractivity contribution in [2.24, 2.45) is 5.10 Å². The van der Waals surface area contributed by atoms with Crippen LogP contribution in [-0.2, 0) is 0 Å². The van der Waals surface area contributed by atoms with Gasteiger partial charge in [-0.25, -0.2) is 0 Å².